The van der Waals surface area contributed by atoms with Crippen molar-refractivity contribution < 1.29 is 13.2 Å². The summed E-state index contributed by atoms with van der Waals surface area (Å²) in [6.45, 7) is 0. The van der Waals surface area contributed by atoms with Gasteiger partial charge in [0.15, 0.2) is 16.8 Å². The van der Waals surface area contributed by atoms with Crippen LogP contribution in [0.4, 0.5) is 24.0 Å². The second kappa shape index (κ2) is 4.96. The van der Waals surface area contributed by atoms with Gasteiger partial charge in [-0.05, 0) is 12.1 Å². The van der Waals surface area contributed by atoms with Crippen LogP contribution in [0.15, 0.2) is 30.3 Å². The highest BCUT2D eigenvalue weighted by Crippen LogP contribution is 2.34. The number of hydrogen-bond acceptors (Lipinski definition) is 3. The zero-order chi connectivity index (χ0) is 14.3. The summed E-state index contributed by atoms with van der Waals surface area (Å²) in [5, 5.41) is 3.38. The van der Waals surface area contributed by atoms with E-state index in [1.165, 1.54) is 11.3 Å². The van der Waals surface area contributed by atoms with Gasteiger partial charge in [-0.3, -0.25) is 0 Å². The third-order valence-corrected chi connectivity index (χ3v) is 4.05. The summed E-state index contributed by atoms with van der Waals surface area (Å²) in [7, 11) is 0. The molecule has 0 saturated heterocycles. The molecule has 0 spiro atoms. The molecule has 20 heavy (non-hydrogen) atoms. The van der Waals surface area contributed by atoms with Crippen molar-refractivity contribution in [3.63, 3.8) is 0 Å². The first-order chi connectivity index (χ1) is 9.54. The van der Waals surface area contributed by atoms with Crippen LogP contribution >= 0.6 is 22.9 Å². The quantitative estimate of drug-likeness (QED) is 0.665. The minimum Gasteiger partial charge on any atom is -0.329 e. The lowest BCUT2D eigenvalue weighted by atomic mass is 10.3. The normalized spacial score (nSPS) is 11.0. The molecule has 3 rings (SSSR count). The third-order valence-electron chi connectivity index (χ3n) is 2.60. The number of rotatable bonds is 2. The molecule has 0 bridgehead atoms. The van der Waals surface area contributed by atoms with E-state index in [0.717, 1.165) is 6.07 Å². The van der Waals surface area contributed by atoms with E-state index in [-0.39, 0.29) is 5.69 Å². The van der Waals surface area contributed by atoms with Crippen molar-refractivity contribution >= 4 is 44.0 Å². The Morgan fingerprint density at radius 3 is 2.70 bits per heavy atom. The fourth-order valence-corrected chi connectivity index (χ4v) is 2.90. The number of nitrogens with zero attached hydrogens (tertiary/aromatic N) is 1. The molecule has 2 aromatic carbocycles. The summed E-state index contributed by atoms with van der Waals surface area (Å²) in [4.78, 5) is 4.18. The maximum Gasteiger partial charge on any atom is 0.188 e. The van der Waals surface area contributed by atoms with Gasteiger partial charge in [0.05, 0.1) is 20.9 Å². The van der Waals surface area contributed by atoms with Crippen molar-refractivity contribution in [2.75, 3.05) is 5.32 Å². The first kappa shape index (κ1) is 13.2. The summed E-state index contributed by atoms with van der Waals surface area (Å²) in [6, 6.07) is 6.53. The molecule has 1 heterocycles. The molecule has 0 aliphatic heterocycles. The summed E-state index contributed by atoms with van der Waals surface area (Å²) in [6.07, 6.45) is 0. The molecule has 0 unspecified atom stereocenters. The van der Waals surface area contributed by atoms with Crippen molar-refractivity contribution in [3.05, 3.63) is 52.8 Å². The topological polar surface area (TPSA) is 24.9 Å². The maximum atomic E-state index is 13.5. The van der Waals surface area contributed by atoms with Gasteiger partial charge in [0.2, 0.25) is 0 Å². The molecule has 2 nitrogen and oxygen atoms in total. The zero-order valence-electron chi connectivity index (χ0n) is 9.75. The highest BCUT2D eigenvalue weighted by Gasteiger charge is 2.13. The Kier molecular flexibility index (Phi) is 3.27. The smallest absolute Gasteiger partial charge is 0.188 e. The molecule has 7 heteroatoms. The minimum absolute atomic E-state index is 0.303. The molecule has 0 aliphatic carbocycles. The molecule has 0 aliphatic rings. The average molecular weight is 315 g/mol. The third kappa shape index (κ3) is 2.32. The van der Waals surface area contributed by atoms with E-state index in [2.05, 4.69) is 10.3 Å². The van der Waals surface area contributed by atoms with Crippen LogP contribution in [0.5, 0.6) is 0 Å². The summed E-state index contributed by atoms with van der Waals surface area (Å²) >= 11 is 7.18. The highest BCUT2D eigenvalue weighted by molar-refractivity contribution is 7.22. The predicted molar refractivity (Wildman–Crippen MR) is 74.2 cm³/mol. The molecule has 0 radical (unpaired) electrons. The second-order valence-electron chi connectivity index (χ2n) is 3.98. The number of nitrogens with one attached hydrogen (secondary N) is 1. The molecular weight excluding hydrogens is 309 g/mol. The van der Waals surface area contributed by atoms with E-state index in [4.69, 9.17) is 11.6 Å². The number of fused-ring (bicyclic) bond motifs is 1. The van der Waals surface area contributed by atoms with E-state index in [0.29, 0.717) is 26.4 Å². The van der Waals surface area contributed by atoms with E-state index < -0.39 is 17.5 Å². The fraction of sp³-hybridized carbons (Fsp3) is 0. The number of thiazole rings is 1. The van der Waals surface area contributed by atoms with Crippen LogP contribution in [0.3, 0.4) is 0 Å². The van der Waals surface area contributed by atoms with E-state index in [1.807, 2.05) is 0 Å². The second-order valence-corrected chi connectivity index (χ2v) is 5.39. The van der Waals surface area contributed by atoms with Crippen molar-refractivity contribution in [3.8, 4) is 0 Å². The van der Waals surface area contributed by atoms with Crippen molar-refractivity contribution in [1.29, 1.82) is 0 Å². The lowest BCUT2D eigenvalue weighted by Gasteiger charge is -2.04. The monoisotopic (exact) mass is 314 g/mol. The van der Waals surface area contributed by atoms with Gasteiger partial charge in [0.25, 0.3) is 0 Å². The highest BCUT2D eigenvalue weighted by atomic mass is 35.5. The molecule has 102 valence electrons. The Labute approximate surface area is 120 Å². The molecule has 0 saturated carbocycles. The van der Waals surface area contributed by atoms with E-state index in [9.17, 15) is 13.2 Å². The van der Waals surface area contributed by atoms with E-state index >= 15 is 0 Å². The summed E-state index contributed by atoms with van der Waals surface area (Å²) in [5.74, 6) is -3.28. The van der Waals surface area contributed by atoms with Crippen molar-refractivity contribution in [1.82, 2.24) is 4.98 Å². The van der Waals surface area contributed by atoms with Crippen molar-refractivity contribution in [2.45, 2.75) is 0 Å². The number of anilines is 2. The fourth-order valence-electron chi connectivity index (χ4n) is 1.73. The van der Waals surface area contributed by atoms with Gasteiger partial charge in [-0.25, -0.2) is 18.2 Å². The molecule has 1 aromatic heterocycles. The standard InChI is InChI=1S/C13H6ClF3N2S/c14-7-2-1-3-9-12(7)20-13(18-9)19-10-5-6(15)4-8(16)11(10)17/h1-5H,(H,18,19). The number of aromatic nitrogens is 1. The minimum atomic E-state index is -1.26. The summed E-state index contributed by atoms with van der Waals surface area (Å²) in [5.41, 5.74) is 0.319. The van der Waals surface area contributed by atoms with Gasteiger partial charge in [0, 0.05) is 12.1 Å². The SMILES string of the molecule is Fc1cc(F)c(F)c(Nc2nc3cccc(Cl)c3s2)c1. The van der Waals surface area contributed by atoms with Crippen molar-refractivity contribution in [2.24, 2.45) is 0 Å². The van der Waals surface area contributed by atoms with Gasteiger partial charge in [-0.1, -0.05) is 29.0 Å². The maximum absolute atomic E-state index is 13.5. The molecule has 0 atom stereocenters. The van der Waals surface area contributed by atoms with Gasteiger partial charge in [-0.2, -0.15) is 0 Å². The van der Waals surface area contributed by atoms with Crippen LogP contribution in [-0.4, -0.2) is 4.98 Å². The van der Waals surface area contributed by atoms with Crippen LogP contribution in [0.2, 0.25) is 5.02 Å². The predicted octanol–water partition coefficient (Wildman–Crippen LogP) is 5.11. The lowest BCUT2D eigenvalue weighted by molar-refractivity contribution is 0.498. The molecule has 0 fully saturated rings. The van der Waals surface area contributed by atoms with Gasteiger partial charge in [-0.15, -0.1) is 0 Å². The van der Waals surface area contributed by atoms with Gasteiger partial charge < -0.3 is 5.32 Å². The molecule has 0 amide bonds. The van der Waals surface area contributed by atoms with Gasteiger partial charge in [0.1, 0.15) is 5.82 Å². The van der Waals surface area contributed by atoms with Crippen LogP contribution < -0.4 is 5.32 Å². The Bertz CT molecular complexity index is 804. The Hall–Kier alpha value is -1.79. The largest absolute Gasteiger partial charge is 0.329 e. The Morgan fingerprint density at radius 1 is 1.15 bits per heavy atom. The number of halogens is 4. The molecular formula is C13H6ClF3N2S. The number of benzene rings is 2. The van der Waals surface area contributed by atoms with Crippen LogP contribution in [-0.2, 0) is 0 Å². The van der Waals surface area contributed by atoms with Crippen LogP contribution in [0, 0.1) is 17.5 Å². The number of hydrogen-bond donors (Lipinski definition) is 1. The van der Waals surface area contributed by atoms with Gasteiger partial charge >= 0.3 is 0 Å². The zero-order valence-corrected chi connectivity index (χ0v) is 11.3. The lowest BCUT2D eigenvalue weighted by Crippen LogP contribution is -1.97. The first-order valence-electron chi connectivity index (χ1n) is 5.51. The first-order valence-corrected chi connectivity index (χ1v) is 6.70. The van der Waals surface area contributed by atoms with Crippen LogP contribution in [0.1, 0.15) is 0 Å². The van der Waals surface area contributed by atoms with E-state index in [1.54, 1.807) is 18.2 Å². The molecule has 3 aromatic rings. The average Bonchev–Trinajstić information content (AvgIpc) is 2.79. The summed E-state index contributed by atoms with van der Waals surface area (Å²) < 4.78 is 40.5. The van der Waals surface area contributed by atoms with Crippen LogP contribution in [0.25, 0.3) is 10.2 Å². The Morgan fingerprint density at radius 2 is 1.95 bits per heavy atom. The Balaban J connectivity index is 2.03. The molecule has 1 N–H and O–H groups in total.